The van der Waals surface area contributed by atoms with Crippen LogP contribution in [0.5, 0.6) is 0 Å². The molecule has 0 aliphatic rings. The summed E-state index contributed by atoms with van der Waals surface area (Å²) in [6.45, 7) is 8.40. The Kier molecular flexibility index (Phi) is 7.80. The second-order valence-corrected chi connectivity index (χ2v) is 9.83. The zero-order valence-corrected chi connectivity index (χ0v) is 21.0. The lowest BCUT2D eigenvalue weighted by Gasteiger charge is -2.27. The third kappa shape index (κ3) is 6.92. The van der Waals surface area contributed by atoms with Gasteiger partial charge in [-0.15, -0.1) is 0 Å². The SMILES string of the molecule is CC[C@H](C)[C@H](NC(=O)OC(C)(C)C)c1nc2cccnc2n1Cc1cc(C(F)(F)F)cc(C(F)(F)F)c1. The van der Waals surface area contributed by atoms with Crippen molar-refractivity contribution in [1.82, 2.24) is 19.9 Å². The van der Waals surface area contributed by atoms with Gasteiger partial charge in [-0.25, -0.2) is 14.8 Å². The van der Waals surface area contributed by atoms with Gasteiger partial charge in [0, 0.05) is 6.20 Å². The van der Waals surface area contributed by atoms with Crippen LogP contribution in [-0.2, 0) is 23.6 Å². The van der Waals surface area contributed by atoms with E-state index >= 15 is 0 Å². The van der Waals surface area contributed by atoms with Crippen LogP contribution in [0.1, 0.15) is 69.6 Å². The number of carbonyl (C=O) groups is 1. The van der Waals surface area contributed by atoms with Gasteiger partial charge < -0.3 is 14.6 Å². The molecule has 12 heteroatoms. The molecule has 0 aliphatic heterocycles. The molecule has 37 heavy (non-hydrogen) atoms. The largest absolute Gasteiger partial charge is 0.444 e. The topological polar surface area (TPSA) is 69.0 Å². The van der Waals surface area contributed by atoms with Gasteiger partial charge in [-0.1, -0.05) is 20.3 Å². The molecule has 0 saturated heterocycles. The number of nitrogens with zero attached hydrogens (tertiary/aromatic N) is 3. The zero-order valence-electron chi connectivity index (χ0n) is 21.0. The molecule has 2 heterocycles. The summed E-state index contributed by atoms with van der Waals surface area (Å²) >= 11 is 0. The van der Waals surface area contributed by atoms with Crippen LogP contribution in [0.4, 0.5) is 31.1 Å². The maximum Gasteiger partial charge on any atom is 0.416 e. The summed E-state index contributed by atoms with van der Waals surface area (Å²) in [4.78, 5) is 21.4. The highest BCUT2D eigenvalue weighted by atomic mass is 19.4. The van der Waals surface area contributed by atoms with Crippen molar-refractivity contribution in [2.24, 2.45) is 5.92 Å². The van der Waals surface area contributed by atoms with E-state index in [2.05, 4.69) is 15.3 Å². The Morgan fingerprint density at radius 2 is 1.65 bits per heavy atom. The molecule has 0 unspecified atom stereocenters. The molecule has 1 aromatic carbocycles. The fraction of sp³-hybridized carbons (Fsp3) is 0.480. The first-order valence-corrected chi connectivity index (χ1v) is 11.6. The number of halogens is 6. The molecule has 1 N–H and O–H groups in total. The number of amides is 1. The predicted octanol–water partition coefficient (Wildman–Crippen LogP) is 7.13. The Morgan fingerprint density at radius 1 is 1.05 bits per heavy atom. The highest BCUT2D eigenvalue weighted by molar-refractivity contribution is 5.72. The molecule has 6 nitrogen and oxygen atoms in total. The first-order chi connectivity index (χ1) is 17.0. The summed E-state index contributed by atoms with van der Waals surface area (Å²) < 4.78 is 87.5. The van der Waals surface area contributed by atoms with Gasteiger partial charge in [0.1, 0.15) is 16.9 Å². The standard InChI is InChI=1S/C25H28F6N4O2/c1-6-14(2)19(34-22(36)37-23(3,4)5)21-33-18-8-7-9-32-20(18)35(21)13-15-10-16(24(26,27)28)12-17(11-15)25(29,30)31/h7-12,14,19H,6,13H2,1-5H3,(H,34,36)/t14-,19-/m0/s1. The summed E-state index contributed by atoms with van der Waals surface area (Å²) in [5.41, 5.74) is -3.24. The van der Waals surface area contributed by atoms with Crippen molar-refractivity contribution >= 4 is 17.3 Å². The molecule has 2 aromatic heterocycles. The van der Waals surface area contributed by atoms with Crippen LogP contribution in [0.15, 0.2) is 36.5 Å². The molecule has 0 bridgehead atoms. The second kappa shape index (κ2) is 10.2. The minimum atomic E-state index is -4.98. The van der Waals surface area contributed by atoms with E-state index < -0.39 is 47.8 Å². The number of hydrogen-bond donors (Lipinski definition) is 1. The van der Waals surface area contributed by atoms with Gasteiger partial charge in [-0.2, -0.15) is 26.3 Å². The molecule has 0 saturated carbocycles. The van der Waals surface area contributed by atoms with E-state index in [0.717, 1.165) is 0 Å². The van der Waals surface area contributed by atoms with E-state index in [1.165, 1.54) is 10.8 Å². The minimum Gasteiger partial charge on any atom is -0.444 e. The lowest BCUT2D eigenvalue weighted by atomic mass is 9.98. The molecule has 3 rings (SSSR count). The Labute approximate surface area is 210 Å². The normalized spacial score (nSPS) is 14.5. The first kappa shape index (κ1) is 28.3. The van der Waals surface area contributed by atoms with Crippen LogP contribution < -0.4 is 5.32 Å². The Hall–Kier alpha value is -3.31. The lowest BCUT2D eigenvalue weighted by Crippen LogP contribution is -2.38. The molecule has 202 valence electrons. The summed E-state index contributed by atoms with van der Waals surface area (Å²) in [6.07, 6.45) is -8.67. The highest BCUT2D eigenvalue weighted by Crippen LogP contribution is 2.37. The average molecular weight is 531 g/mol. The van der Waals surface area contributed by atoms with Crippen LogP contribution in [-0.4, -0.2) is 26.2 Å². The van der Waals surface area contributed by atoms with E-state index in [9.17, 15) is 31.1 Å². The molecule has 3 aromatic rings. The number of aromatic nitrogens is 3. The maximum absolute atomic E-state index is 13.4. The third-order valence-electron chi connectivity index (χ3n) is 5.68. The van der Waals surface area contributed by atoms with Crippen molar-refractivity contribution in [3.05, 3.63) is 59.0 Å². The molecule has 0 spiro atoms. The lowest BCUT2D eigenvalue weighted by molar-refractivity contribution is -0.143. The van der Waals surface area contributed by atoms with Crippen LogP contribution in [0.2, 0.25) is 0 Å². The van der Waals surface area contributed by atoms with E-state index in [1.54, 1.807) is 32.9 Å². The summed E-state index contributed by atoms with van der Waals surface area (Å²) in [6, 6.07) is 3.90. The zero-order chi connectivity index (χ0) is 27.8. The fourth-order valence-electron chi connectivity index (χ4n) is 3.79. The first-order valence-electron chi connectivity index (χ1n) is 11.6. The van der Waals surface area contributed by atoms with Gasteiger partial charge in [0.05, 0.1) is 23.7 Å². The molecule has 2 atom stereocenters. The van der Waals surface area contributed by atoms with Gasteiger partial charge in [-0.3, -0.25) is 0 Å². The number of fused-ring (bicyclic) bond motifs is 1. The molecule has 0 fully saturated rings. The van der Waals surface area contributed by atoms with E-state index in [-0.39, 0.29) is 29.0 Å². The summed E-state index contributed by atoms with van der Waals surface area (Å²) in [7, 11) is 0. The maximum atomic E-state index is 13.4. The third-order valence-corrected chi connectivity index (χ3v) is 5.68. The number of carbonyl (C=O) groups excluding carboxylic acids is 1. The summed E-state index contributed by atoms with van der Waals surface area (Å²) in [5, 5.41) is 2.77. The fourth-order valence-corrected chi connectivity index (χ4v) is 3.79. The van der Waals surface area contributed by atoms with Gasteiger partial charge in [0.2, 0.25) is 0 Å². The average Bonchev–Trinajstić information content (AvgIpc) is 3.12. The molecule has 0 aliphatic carbocycles. The van der Waals surface area contributed by atoms with Crippen LogP contribution in [0.3, 0.4) is 0 Å². The van der Waals surface area contributed by atoms with E-state index in [4.69, 9.17) is 4.74 Å². The molecule has 0 radical (unpaired) electrons. The van der Waals surface area contributed by atoms with Crippen molar-refractivity contribution in [3.8, 4) is 0 Å². The van der Waals surface area contributed by atoms with Gasteiger partial charge in [0.15, 0.2) is 5.65 Å². The van der Waals surface area contributed by atoms with Crippen molar-refractivity contribution in [2.75, 3.05) is 0 Å². The van der Waals surface area contributed by atoms with Crippen LogP contribution >= 0.6 is 0 Å². The summed E-state index contributed by atoms with van der Waals surface area (Å²) in [5.74, 6) is 0.0233. The number of rotatable bonds is 6. The van der Waals surface area contributed by atoms with Crippen LogP contribution in [0, 0.1) is 5.92 Å². The number of pyridine rings is 1. The van der Waals surface area contributed by atoms with Gasteiger partial charge in [-0.05, 0) is 62.6 Å². The highest BCUT2D eigenvalue weighted by Gasteiger charge is 2.37. The number of imidazole rings is 1. The van der Waals surface area contributed by atoms with Gasteiger partial charge >= 0.3 is 18.4 Å². The van der Waals surface area contributed by atoms with Crippen molar-refractivity contribution in [1.29, 1.82) is 0 Å². The Morgan fingerprint density at radius 3 is 2.16 bits per heavy atom. The predicted molar refractivity (Wildman–Crippen MR) is 125 cm³/mol. The number of hydrogen-bond acceptors (Lipinski definition) is 4. The second-order valence-electron chi connectivity index (χ2n) is 9.83. The Balaban J connectivity index is 2.16. The van der Waals surface area contributed by atoms with E-state index in [1.807, 2.05) is 13.8 Å². The van der Waals surface area contributed by atoms with Crippen molar-refractivity contribution in [3.63, 3.8) is 0 Å². The minimum absolute atomic E-state index is 0.0840. The van der Waals surface area contributed by atoms with E-state index in [0.29, 0.717) is 24.1 Å². The smallest absolute Gasteiger partial charge is 0.416 e. The Bertz CT molecular complexity index is 1230. The number of ether oxygens (including phenoxy) is 1. The monoisotopic (exact) mass is 530 g/mol. The number of alkyl carbamates (subject to hydrolysis) is 1. The molecule has 1 amide bonds. The number of alkyl halides is 6. The molecular weight excluding hydrogens is 502 g/mol. The number of benzene rings is 1. The number of nitrogens with one attached hydrogen (secondary N) is 1. The van der Waals surface area contributed by atoms with Crippen molar-refractivity contribution < 1.29 is 35.9 Å². The molecular formula is C25H28F6N4O2. The van der Waals surface area contributed by atoms with Crippen LogP contribution in [0.25, 0.3) is 11.2 Å². The quantitative estimate of drug-likeness (QED) is 0.344. The van der Waals surface area contributed by atoms with Crippen molar-refractivity contribution in [2.45, 2.75) is 71.6 Å². The van der Waals surface area contributed by atoms with Gasteiger partial charge in [0.25, 0.3) is 0 Å².